The maximum Gasteiger partial charge on any atom is 0.163 e. The summed E-state index contributed by atoms with van der Waals surface area (Å²) in [6, 6.07) is 20.7. The van der Waals surface area contributed by atoms with E-state index in [1.54, 1.807) is 0 Å². The van der Waals surface area contributed by atoms with Gasteiger partial charge in [-0.1, -0.05) is 42.0 Å². The lowest BCUT2D eigenvalue weighted by Crippen LogP contribution is -2.05. The molecule has 4 heteroatoms. The summed E-state index contributed by atoms with van der Waals surface area (Å²) in [6.07, 6.45) is 0. The number of aryl methyl sites for hydroxylation is 5. The number of benzene rings is 3. The summed E-state index contributed by atoms with van der Waals surface area (Å²) in [5.74, 6) is 1.55. The van der Waals surface area contributed by atoms with Gasteiger partial charge in [0.25, 0.3) is 0 Å². The molecule has 0 aliphatic heterocycles. The van der Waals surface area contributed by atoms with Crippen molar-refractivity contribution in [3.63, 3.8) is 0 Å². The van der Waals surface area contributed by atoms with Crippen LogP contribution in [0.1, 0.15) is 33.6 Å². The first kappa shape index (κ1) is 19.6. The second kappa shape index (κ2) is 7.61. The predicted molar refractivity (Wildman–Crippen MR) is 121 cm³/mol. The molecular weight excluding hydrogens is 368 g/mol. The Balaban J connectivity index is 1.89. The van der Waals surface area contributed by atoms with E-state index in [0.29, 0.717) is 5.56 Å². The lowest BCUT2D eigenvalue weighted by atomic mass is 9.97. The second-order valence-corrected chi connectivity index (χ2v) is 7.86. The van der Waals surface area contributed by atoms with Crippen molar-refractivity contribution in [2.24, 2.45) is 0 Å². The van der Waals surface area contributed by atoms with Crippen LogP contribution in [-0.2, 0) is 0 Å². The van der Waals surface area contributed by atoms with Gasteiger partial charge in [-0.15, -0.1) is 0 Å². The zero-order valence-electron chi connectivity index (χ0n) is 18.0. The van der Waals surface area contributed by atoms with Crippen LogP contribution >= 0.6 is 0 Å². The smallest absolute Gasteiger partial charge is 0.163 e. The van der Waals surface area contributed by atoms with E-state index in [-0.39, 0.29) is 0 Å². The number of rotatable bonds is 3. The van der Waals surface area contributed by atoms with Crippen LogP contribution < -0.4 is 0 Å². The van der Waals surface area contributed by atoms with Gasteiger partial charge in [-0.2, -0.15) is 10.4 Å². The van der Waals surface area contributed by atoms with Crippen LogP contribution in [0.4, 0.5) is 0 Å². The van der Waals surface area contributed by atoms with Crippen LogP contribution in [0.2, 0.25) is 0 Å². The van der Waals surface area contributed by atoms with Crippen LogP contribution in [0, 0.1) is 45.9 Å². The Morgan fingerprint density at radius 1 is 0.800 bits per heavy atom. The van der Waals surface area contributed by atoms with Gasteiger partial charge in [0.1, 0.15) is 5.82 Å². The van der Waals surface area contributed by atoms with Crippen molar-refractivity contribution < 1.29 is 0 Å². The minimum absolute atomic E-state index is 0.658. The molecular formula is C26H24N4. The van der Waals surface area contributed by atoms with Crippen LogP contribution in [-0.4, -0.2) is 14.8 Å². The van der Waals surface area contributed by atoms with Crippen molar-refractivity contribution >= 4 is 0 Å². The van der Waals surface area contributed by atoms with Gasteiger partial charge in [0.05, 0.1) is 17.3 Å². The first-order valence-electron chi connectivity index (χ1n) is 10.0. The molecule has 1 heterocycles. The highest BCUT2D eigenvalue weighted by Gasteiger charge is 2.16. The monoisotopic (exact) mass is 392 g/mol. The number of nitriles is 1. The average molecular weight is 393 g/mol. The van der Waals surface area contributed by atoms with Crippen LogP contribution in [0.15, 0.2) is 54.6 Å². The average Bonchev–Trinajstić information content (AvgIpc) is 3.09. The van der Waals surface area contributed by atoms with E-state index in [0.717, 1.165) is 39.6 Å². The van der Waals surface area contributed by atoms with Gasteiger partial charge in [-0.25, -0.2) is 9.67 Å². The molecule has 0 atom stereocenters. The fourth-order valence-electron chi connectivity index (χ4n) is 4.09. The van der Waals surface area contributed by atoms with Crippen molar-refractivity contribution in [1.29, 1.82) is 5.26 Å². The number of hydrogen-bond donors (Lipinski definition) is 0. The maximum atomic E-state index is 9.30. The third-order valence-corrected chi connectivity index (χ3v) is 5.36. The lowest BCUT2D eigenvalue weighted by molar-refractivity contribution is 0.854. The number of aromatic nitrogens is 3. The molecule has 148 valence electrons. The molecule has 0 aliphatic rings. The van der Waals surface area contributed by atoms with Gasteiger partial charge in [0.15, 0.2) is 5.82 Å². The second-order valence-electron chi connectivity index (χ2n) is 7.86. The largest absolute Gasteiger partial charge is 0.212 e. The molecule has 0 fully saturated rings. The molecule has 3 aromatic carbocycles. The molecule has 0 saturated carbocycles. The molecule has 0 unspecified atom stereocenters. The molecule has 0 spiro atoms. The molecule has 30 heavy (non-hydrogen) atoms. The van der Waals surface area contributed by atoms with E-state index in [1.165, 1.54) is 16.7 Å². The summed E-state index contributed by atoms with van der Waals surface area (Å²) in [5.41, 5.74) is 9.56. The van der Waals surface area contributed by atoms with E-state index >= 15 is 0 Å². The van der Waals surface area contributed by atoms with Crippen LogP contribution in [0.5, 0.6) is 0 Å². The highest BCUT2D eigenvalue weighted by Crippen LogP contribution is 2.31. The Hall–Kier alpha value is -3.71. The zero-order chi connectivity index (χ0) is 21.4. The summed E-state index contributed by atoms with van der Waals surface area (Å²) in [7, 11) is 0. The standard InChI is InChI=1S/C26H24N4/c1-16-11-18(3)25(19(4)12-16)30-26(28-20(5)29-30)23-8-6-7-22(14-23)24-13-21(15-27)10-9-17(24)2/h6-14H,1-5H3. The Kier molecular flexibility index (Phi) is 4.97. The van der Waals surface area contributed by atoms with E-state index in [2.05, 4.69) is 64.1 Å². The molecule has 0 radical (unpaired) electrons. The molecule has 0 amide bonds. The van der Waals surface area contributed by atoms with Crippen molar-refractivity contribution in [3.8, 4) is 34.3 Å². The molecule has 4 nitrogen and oxygen atoms in total. The minimum atomic E-state index is 0.658. The molecule has 1 aromatic heterocycles. The van der Waals surface area contributed by atoms with Crippen LogP contribution in [0.25, 0.3) is 28.2 Å². The Labute approximate surface area is 177 Å². The van der Waals surface area contributed by atoms with Gasteiger partial charge in [-0.05, 0) is 80.6 Å². The third kappa shape index (κ3) is 3.51. The van der Waals surface area contributed by atoms with Crippen molar-refractivity contribution in [2.45, 2.75) is 34.6 Å². The number of nitrogens with zero attached hydrogens (tertiary/aromatic N) is 4. The zero-order valence-corrected chi connectivity index (χ0v) is 18.0. The fraction of sp³-hybridized carbons (Fsp3) is 0.192. The molecule has 4 aromatic rings. The maximum absolute atomic E-state index is 9.30. The van der Waals surface area contributed by atoms with Gasteiger partial charge in [0.2, 0.25) is 0 Å². The predicted octanol–water partition coefficient (Wildman–Crippen LogP) is 6.02. The van der Waals surface area contributed by atoms with Crippen molar-refractivity contribution in [3.05, 3.63) is 88.2 Å². The topological polar surface area (TPSA) is 54.5 Å². The molecule has 0 bridgehead atoms. The Morgan fingerprint density at radius 3 is 2.20 bits per heavy atom. The first-order valence-corrected chi connectivity index (χ1v) is 10.0. The summed E-state index contributed by atoms with van der Waals surface area (Å²) >= 11 is 0. The van der Waals surface area contributed by atoms with Gasteiger partial charge >= 0.3 is 0 Å². The summed E-state index contributed by atoms with van der Waals surface area (Å²) in [6.45, 7) is 10.3. The molecule has 0 aliphatic carbocycles. The normalized spacial score (nSPS) is 10.8. The number of hydrogen-bond acceptors (Lipinski definition) is 3. The third-order valence-electron chi connectivity index (χ3n) is 5.36. The minimum Gasteiger partial charge on any atom is -0.212 e. The highest BCUT2D eigenvalue weighted by molar-refractivity contribution is 5.74. The summed E-state index contributed by atoms with van der Waals surface area (Å²) in [5, 5.41) is 14.0. The lowest BCUT2D eigenvalue weighted by Gasteiger charge is -2.14. The van der Waals surface area contributed by atoms with Crippen molar-refractivity contribution in [2.75, 3.05) is 0 Å². The van der Waals surface area contributed by atoms with Gasteiger partial charge in [0, 0.05) is 5.56 Å². The molecule has 0 saturated heterocycles. The highest BCUT2D eigenvalue weighted by atomic mass is 15.4. The van der Waals surface area contributed by atoms with Crippen LogP contribution in [0.3, 0.4) is 0 Å². The summed E-state index contributed by atoms with van der Waals surface area (Å²) in [4.78, 5) is 4.75. The SMILES string of the molecule is Cc1cc(C)c(-n2nc(C)nc2-c2cccc(-c3cc(C#N)ccc3C)c2)c(C)c1. The van der Waals surface area contributed by atoms with Gasteiger partial charge in [-0.3, -0.25) is 0 Å². The van der Waals surface area contributed by atoms with Crippen molar-refractivity contribution in [1.82, 2.24) is 14.8 Å². The quantitative estimate of drug-likeness (QED) is 0.429. The summed E-state index contributed by atoms with van der Waals surface area (Å²) < 4.78 is 1.96. The van der Waals surface area contributed by atoms with E-state index < -0.39 is 0 Å². The van der Waals surface area contributed by atoms with E-state index in [4.69, 9.17) is 10.1 Å². The Morgan fingerprint density at radius 2 is 1.50 bits per heavy atom. The fourth-order valence-corrected chi connectivity index (χ4v) is 4.09. The first-order chi connectivity index (χ1) is 14.4. The van der Waals surface area contributed by atoms with E-state index in [1.807, 2.05) is 35.9 Å². The molecule has 4 rings (SSSR count). The Bertz CT molecular complexity index is 1280. The van der Waals surface area contributed by atoms with E-state index in [9.17, 15) is 5.26 Å². The molecule has 0 N–H and O–H groups in total. The van der Waals surface area contributed by atoms with Gasteiger partial charge < -0.3 is 0 Å².